The highest BCUT2D eigenvalue weighted by Crippen LogP contribution is 2.37. The molecule has 3 aromatic rings. The zero-order valence-electron chi connectivity index (χ0n) is 21.4. The van der Waals surface area contributed by atoms with Crippen molar-refractivity contribution in [1.82, 2.24) is 14.6 Å². The first kappa shape index (κ1) is 25.6. The summed E-state index contributed by atoms with van der Waals surface area (Å²) >= 11 is 5.15. The SMILES string of the molecule is O=C(/C=C/c1cc2c(cc1Br)OCO2)NC[C@H]1CCCC[C@@H]1CN1CCN(c2nsc3ccccc23)CC1. The van der Waals surface area contributed by atoms with Crippen molar-refractivity contribution in [3.8, 4) is 11.5 Å². The number of carbonyl (C=O) groups is 1. The Morgan fingerprint density at radius 3 is 2.68 bits per heavy atom. The average Bonchev–Trinajstić information content (AvgIpc) is 3.58. The Labute approximate surface area is 236 Å². The summed E-state index contributed by atoms with van der Waals surface area (Å²) in [4.78, 5) is 17.7. The highest BCUT2D eigenvalue weighted by Gasteiger charge is 2.29. The smallest absolute Gasteiger partial charge is 0.244 e. The van der Waals surface area contributed by atoms with Crippen LogP contribution in [0.1, 0.15) is 31.2 Å². The fourth-order valence-corrected chi connectivity index (χ4v) is 7.14. The number of anilines is 1. The maximum absolute atomic E-state index is 12.7. The van der Waals surface area contributed by atoms with Crippen LogP contribution in [0.2, 0.25) is 0 Å². The van der Waals surface area contributed by atoms with Crippen molar-refractivity contribution in [1.29, 1.82) is 0 Å². The van der Waals surface area contributed by atoms with Gasteiger partial charge in [0, 0.05) is 55.2 Å². The number of halogens is 1. The maximum Gasteiger partial charge on any atom is 0.244 e. The van der Waals surface area contributed by atoms with Gasteiger partial charge in [0.1, 0.15) is 5.82 Å². The van der Waals surface area contributed by atoms with E-state index in [0.717, 1.165) is 60.9 Å². The van der Waals surface area contributed by atoms with E-state index in [4.69, 9.17) is 13.8 Å². The largest absolute Gasteiger partial charge is 0.454 e. The Hall–Kier alpha value is -2.62. The summed E-state index contributed by atoms with van der Waals surface area (Å²) in [5.74, 6) is 3.67. The van der Waals surface area contributed by atoms with E-state index in [9.17, 15) is 4.79 Å². The van der Waals surface area contributed by atoms with Gasteiger partial charge in [-0.25, -0.2) is 0 Å². The molecule has 2 fully saturated rings. The minimum atomic E-state index is -0.0528. The molecule has 3 aliphatic rings. The lowest BCUT2D eigenvalue weighted by Gasteiger charge is -2.40. The van der Waals surface area contributed by atoms with Crippen LogP contribution < -0.4 is 19.7 Å². The second kappa shape index (κ2) is 11.6. The lowest BCUT2D eigenvalue weighted by molar-refractivity contribution is -0.116. The fraction of sp³-hybridized carbons (Fsp3) is 0.448. The minimum Gasteiger partial charge on any atom is -0.454 e. The van der Waals surface area contributed by atoms with Crippen molar-refractivity contribution < 1.29 is 14.3 Å². The van der Waals surface area contributed by atoms with Crippen molar-refractivity contribution in [2.24, 2.45) is 11.8 Å². The van der Waals surface area contributed by atoms with Crippen LogP contribution in [0.25, 0.3) is 16.2 Å². The molecule has 200 valence electrons. The number of aromatic nitrogens is 1. The summed E-state index contributed by atoms with van der Waals surface area (Å²) in [5.41, 5.74) is 0.893. The first-order valence-electron chi connectivity index (χ1n) is 13.5. The molecule has 2 atom stereocenters. The first-order valence-corrected chi connectivity index (χ1v) is 15.1. The van der Waals surface area contributed by atoms with Crippen LogP contribution in [0.5, 0.6) is 11.5 Å². The zero-order chi connectivity index (χ0) is 25.9. The number of ether oxygens (including phenoxy) is 2. The number of fused-ring (bicyclic) bond motifs is 2. The van der Waals surface area contributed by atoms with Crippen LogP contribution in [-0.2, 0) is 4.79 Å². The minimum absolute atomic E-state index is 0.0528. The van der Waals surface area contributed by atoms with Gasteiger partial charge in [0.05, 0.1) is 4.70 Å². The molecule has 3 heterocycles. The number of hydrogen-bond acceptors (Lipinski definition) is 7. The van der Waals surface area contributed by atoms with Gasteiger partial charge in [0.2, 0.25) is 12.7 Å². The van der Waals surface area contributed by atoms with E-state index in [-0.39, 0.29) is 12.7 Å². The monoisotopic (exact) mass is 596 g/mol. The zero-order valence-corrected chi connectivity index (χ0v) is 23.8. The van der Waals surface area contributed by atoms with Crippen molar-refractivity contribution in [2.45, 2.75) is 25.7 Å². The van der Waals surface area contributed by atoms with Gasteiger partial charge in [-0.2, -0.15) is 4.37 Å². The Morgan fingerprint density at radius 1 is 1.08 bits per heavy atom. The van der Waals surface area contributed by atoms with E-state index in [1.165, 1.54) is 35.8 Å². The van der Waals surface area contributed by atoms with Crippen LogP contribution in [-0.4, -0.2) is 61.2 Å². The van der Waals surface area contributed by atoms with Gasteiger partial charge in [-0.15, -0.1) is 0 Å². The molecule has 1 saturated heterocycles. The highest BCUT2D eigenvalue weighted by atomic mass is 79.9. The number of benzene rings is 2. The van der Waals surface area contributed by atoms with Crippen LogP contribution in [0.15, 0.2) is 46.9 Å². The average molecular weight is 598 g/mol. The third-order valence-electron chi connectivity index (χ3n) is 8.03. The number of rotatable bonds is 7. The number of nitrogens with one attached hydrogen (secondary N) is 1. The third-order valence-corrected chi connectivity index (χ3v) is 9.54. The molecule has 2 aromatic carbocycles. The summed E-state index contributed by atoms with van der Waals surface area (Å²) in [7, 11) is 0. The molecule has 1 aliphatic carbocycles. The van der Waals surface area contributed by atoms with Crippen molar-refractivity contribution >= 4 is 55.3 Å². The number of nitrogens with zero attached hydrogens (tertiary/aromatic N) is 3. The molecular weight excluding hydrogens is 564 g/mol. The molecule has 0 unspecified atom stereocenters. The second-order valence-electron chi connectivity index (χ2n) is 10.4. The second-order valence-corrected chi connectivity index (χ2v) is 12.1. The number of amides is 1. The summed E-state index contributed by atoms with van der Waals surface area (Å²) in [5, 5.41) is 4.45. The van der Waals surface area contributed by atoms with Crippen LogP contribution in [0.3, 0.4) is 0 Å². The molecule has 1 saturated carbocycles. The van der Waals surface area contributed by atoms with E-state index in [1.807, 2.05) is 18.2 Å². The molecule has 9 heteroatoms. The first-order chi connectivity index (χ1) is 18.6. The van der Waals surface area contributed by atoms with E-state index < -0.39 is 0 Å². The lowest BCUT2D eigenvalue weighted by atomic mass is 9.78. The summed E-state index contributed by atoms with van der Waals surface area (Å²) in [6.45, 7) is 6.25. The topological polar surface area (TPSA) is 66.9 Å². The van der Waals surface area contributed by atoms with Gasteiger partial charge < -0.3 is 19.7 Å². The van der Waals surface area contributed by atoms with Crippen LogP contribution in [0.4, 0.5) is 5.82 Å². The standard InChI is InChI=1S/C29H33BrN4O3S/c30-24-16-26-25(36-19-37-26)15-20(24)9-10-28(35)31-17-21-5-1-2-6-22(21)18-33-11-13-34(14-12-33)29-23-7-3-4-8-27(23)38-32-29/h3-4,7-10,15-16,21-22H,1-2,5-6,11-14,17-19H2,(H,31,35)/b10-9+/t21-,22-/m1/s1. The Kier molecular flexibility index (Phi) is 7.85. The molecular formula is C29H33BrN4O3S. The molecule has 6 rings (SSSR count). The van der Waals surface area contributed by atoms with E-state index in [0.29, 0.717) is 17.6 Å². The molecule has 1 amide bonds. The molecule has 7 nitrogen and oxygen atoms in total. The van der Waals surface area contributed by atoms with Crippen LogP contribution >= 0.6 is 27.5 Å². The van der Waals surface area contributed by atoms with Gasteiger partial charge in [-0.3, -0.25) is 9.69 Å². The summed E-state index contributed by atoms with van der Waals surface area (Å²) in [6.07, 6.45) is 8.41. The van der Waals surface area contributed by atoms with E-state index in [1.54, 1.807) is 17.6 Å². The molecule has 38 heavy (non-hydrogen) atoms. The summed E-state index contributed by atoms with van der Waals surface area (Å²) < 4.78 is 17.8. The predicted octanol–water partition coefficient (Wildman–Crippen LogP) is 5.55. The highest BCUT2D eigenvalue weighted by molar-refractivity contribution is 9.10. The Balaban J connectivity index is 0.999. The van der Waals surface area contributed by atoms with Crippen molar-refractivity contribution in [3.63, 3.8) is 0 Å². The fourth-order valence-electron chi connectivity index (χ4n) is 5.88. The van der Waals surface area contributed by atoms with E-state index in [2.05, 4.69) is 55.3 Å². The van der Waals surface area contributed by atoms with Gasteiger partial charge in [-0.1, -0.05) is 40.9 Å². The Morgan fingerprint density at radius 2 is 1.84 bits per heavy atom. The van der Waals surface area contributed by atoms with Crippen LogP contribution in [0, 0.1) is 11.8 Å². The third kappa shape index (κ3) is 5.70. The molecule has 1 N–H and O–H groups in total. The maximum atomic E-state index is 12.7. The van der Waals surface area contributed by atoms with Crippen molar-refractivity contribution in [3.05, 3.63) is 52.5 Å². The molecule has 2 aliphatic heterocycles. The quantitative estimate of drug-likeness (QED) is 0.361. The number of piperazine rings is 1. The number of carbonyl (C=O) groups excluding carboxylic acids is 1. The van der Waals surface area contributed by atoms with E-state index >= 15 is 0 Å². The molecule has 0 bridgehead atoms. The summed E-state index contributed by atoms with van der Waals surface area (Å²) in [6, 6.07) is 12.3. The van der Waals surface area contributed by atoms with Crippen molar-refractivity contribution in [2.75, 3.05) is 51.0 Å². The molecule has 1 aromatic heterocycles. The molecule has 0 radical (unpaired) electrons. The van der Waals surface area contributed by atoms with Gasteiger partial charge in [-0.05, 0) is 72.1 Å². The van der Waals surface area contributed by atoms with Gasteiger partial charge in [0.15, 0.2) is 11.5 Å². The Bertz CT molecular complexity index is 1320. The predicted molar refractivity (Wildman–Crippen MR) is 156 cm³/mol. The normalized spacial score (nSPS) is 21.9. The lowest BCUT2D eigenvalue weighted by Crippen LogP contribution is -2.49. The van der Waals surface area contributed by atoms with Gasteiger partial charge in [0.25, 0.3) is 0 Å². The number of hydrogen-bond donors (Lipinski definition) is 1. The molecule has 0 spiro atoms. The van der Waals surface area contributed by atoms with Gasteiger partial charge >= 0.3 is 0 Å².